The summed E-state index contributed by atoms with van der Waals surface area (Å²) in [7, 11) is 2.89. The molecule has 0 spiro atoms. The van der Waals surface area contributed by atoms with E-state index < -0.39 is 17.7 Å². The molecule has 178 valence electrons. The lowest BCUT2D eigenvalue weighted by Crippen LogP contribution is -2.31. The highest BCUT2D eigenvalue weighted by atomic mass is 35.5. The molecule has 33 heavy (non-hydrogen) atoms. The minimum Gasteiger partial charge on any atom is -0.493 e. The SMILES string of the molecule is CCOc1cc(NC(=O)C(N=Nc2ccc(OC)c(OC)c2Cl)C(C)=O)cc(OCC)c1Cl. The standard InChI is InChI=1S/C22H25Cl2N3O6/c1-6-32-16-10-13(11-17(19(16)24)33-7-2)25-22(29)20(12(3)28)27-26-14-8-9-15(30-4)21(31-5)18(14)23/h8-11,20H,6-7H2,1-5H3,(H,25,29). The van der Waals surface area contributed by atoms with E-state index in [2.05, 4.69) is 15.5 Å². The molecule has 2 aromatic carbocycles. The number of ether oxygens (including phenoxy) is 4. The largest absolute Gasteiger partial charge is 0.493 e. The van der Waals surface area contributed by atoms with E-state index in [4.69, 9.17) is 42.1 Å². The van der Waals surface area contributed by atoms with E-state index in [0.29, 0.717) is 36.1 Å². The predicted molar refractivity (Wildman–Crippen MR) is 126 cm³/mol. The molecular formula is C22H25Cl2N3O6. The number of nitrogens with zero attached hydrogens (tertiary/aromatic N) is 2. The maximum atomic E-state index is 12.8. The van der Waals surface area contributed by atoms with Gasteiger partial charge in [0.15, 0.2) is 17.3 Å². The average molecular weight is 498 g/mol. The van der Waals surface area contributed by atoms with Gasteiger partial charge in [0.05, 0.1) is 27.4 Å². The number of anilines is 1. The quantitative estimate of drug-likeness (QED) is 0.324. The molecule has 1 unspecified atom stereocenters. The summed E-state index contributed by atoms with van der Waals surface area (Å²) < 4.78 is 21.4. The van der Waals surface area contributed by atoms with Gasteiger partial charge in [-0.25, -0.2) is 0 Å². The van der Waals surface area contributed by atoms with Crippen LogP contribution in [0, 0.1) is 0 Å². The molecule has 1 amide bonds. The number of rotatable bonds is 11. The second-order valence-electron chi connectivity index (χ2n) is 6.50. The van der Waals surface area contributed by atoms with Crippen molar-refractivity contribution in [3.63, 3.8) is 0 Å². The molecule has 2 rings (SSSR count). The maximum Gasteiger partial charge on any atom is 0.258 e. The van der Waals surface area contributed by atoms with Gasteiger partial charge in [-0.3, -0.25) is 9.59 Å². The normalized spacial score (nSPS) is 11.7. The molecule has 2 aromatic rings. The molecule has 0 aliphatic rings. The van der Waals surface area contributed by atoms with E-state index >= 15 is 0 Å². The molecule has 0 radical (unpaired) electrons. The van der Waals surface area contributed by atoms with Gasteiger partial charge in [0.25, 0.3) is 5.91 Å². The third-order valence-corrected chi connectivity index (χ3v) is 4.99. The van der Waals surface area contributed by atoms with Crippen molar-refractivity contribution in [1.29, 1.82) is 0 Å². The highest BCUT2D eigenvalue weighted by molar-refractivity contribution is 6.34. The molecular weight excluding hydrogens is 473 g/mol. The van der Waals surface area contributed by atoms with E-state index in [1.165, 1.54) is 39.3 Å². The van der Waals surface area contributed by atoms with E-state index in [1.807, 2.05) is 0 Å². The highest BCUT2D eigenvalue weighted by Gasteiger charge is 2.25. The predicted octanol–water partition coefficient (Wildman–Crippen LogP) is 5.49. The number of halogens is 2. The Balaban J connectivity index is 2.32. The van der Waals surface area contributed by atoms with Gasteiger partial charge < -0.3 is 24.3 Å². The molecule has 0 fully saturated rings. The van der Waals surface area contributed by atoms with E-state index in [0.717, 1.165) is 0 Å². The number of hydrogen-bond donors (Lipinski definition) is 1. The Kier molecular flexibility index (Phi) is 9.74. The van der Waals surface area contributed by atoms with Crippen LogP contribution >= 0.6 is 23.2 Å². The van der Waals surface area contributed by atoms with Crippen LogP contribution in [0.4, 0.5) is 11.4 Å². The van der Waals surface area contributed by atoms with Crippen LogP contribution in [0.25, 0.3) is 0 Å². The molecule has 9 nitrogen and oxygen atoms in total. The topological polar surface area (TPSA) is 108 Å². The first kappa shape index (κ1) is 26.2. The summed E-state index contributed by atoms with van der Waals surface area (Å²) in [6.07, 6.45) is 0. The summed E-state index contributed by atoms with van der Waals surface area (Å²) in [6, 6.07) is 4.76. The van der Waals surface area contributed by atoms with Crippen LogP contribution < -0.4 is 24.3 Å². The minimum atomic E-state index is -1.42. The van der Waals surface area contributed by atoms with Crippen LogP contribution in [0.3, 0.4) is 0 Å². The number of hydrogen-bond acceptors (Lipinski definition) is 8. The van der Waals surface area contributed by atoms with Crippen molar-refractivity contribution >= 4 is 46.3 Å². The van der Waals surface area contributed by atoms with Gasteiger partial charge in [0.1, 0.15) is 27.2 Å². The van der Waals surface area contributed by atoms with Crippen molar-refractivity contribution in [1.82, 2.24) is 0 Å². The Bertz CT molecular complexity index is 1020. The van der Waals surface area contributed by atoms with Crippen LogP contribution in [0.2, 0.25) is 10.0 Å². The molecule has 0 heterocycles. The third-order valence-electron chi connectivity index (χ3n) is 4.25. The Labute approximate surface area is 202 Å². The fourth-order valence-electron chi connectivity index (χ4n) is 2.77. The molecule has 0 bridgehead atoms. The van der Waals surface area contributed by atoms with Gasteiger partial charge in [-0.15, -0.1) is 0 Å². The maximum absolute atomic E-state index is 12.8. The van der Waals surface area contributed by atoms with Gasteiger partial charge in [-0.1, -0.05) is 23.2 Å². The third kappa shape index (κ3) is 6.49. The second kappa shape index (κ2) is 12.3. The molecule has 1 atom stereocenters. The summed E-state index contributed by atoms with van der Waals surface area (Å²) >= 11 is 12.6. The van der Waals surface area contributed by atoms with Gasteiger partial charge >= 0.3 is 0 Å². The lowest BCUT2D eigenvalue weighted by Gasteiger charge is -2.15. The Morgan fingerprint density at radius 2 is 1.58 bits per heavy atom. The smallest absolute Gasteiger partial charge is 0.258 e. The molecule has 0 saturated heterocycles. The summed E-state index contributed by atoms with van der Waals surface area (Å²) in [6.45, 7) is 5.55. The number of azo groups is 1. The number of nitrogens with one attached hydrogen (secondary N) is 1. The van der Waals surface area contributed by atoms with E-state index in [9.17, 15) is 9.59 Å². The zero-order chi connectivity index (χ0) is 24.5. The average Bonchev–Trinajstić information content (AvgIpc) is 2.77. The van der Waals surface area contributed by atoms with Crippen LogP contribution in [-0.4, -0.2) is 45.2 Å². The van der Waals surface area contributed by atoms with Crippen LogP contribution in [0.5, 0.6) is 23.0 Å². The van der Waals surface area contributed by atoms with Crippen molar-refractivity contribution in [3.8, 4) is 23.0 Å². The summed E-state index contributed by atoms with van der Waals surface area (Å²) in [4.78, 5) is 25.0. The molecule has 1 N–H and O–H groups in total. The van der Waals surface area contributed by atoms with Gasteiger partial charge in [-0.2, -0.15) is 10.2 Å². The zero-order valence-corrected chi connectivity index (χ0v) is 20.4. The summed E-state index contributed by atoms with van der Waals surface area (Å²) in [5.41, 5.74) is 0.527. The van der Waals surface area contributed by atoms with Crippen molar-refractivity contribution < 1.29 is 28.5 Å². The number of Topliss-reactive ketones (excluding diaryl/α,β-unsaturated/α-hetero) is 1. The van der Waals surface area contributed by atoms with Gasteiger partial charge in [-0.05, 0) is 32.9 Å². The van der Waals surface area contributed by atoms with Gasteiger partial charge in [0.2, 0.25) is 6.04 Å². The van der Waals surface area contributed by atoms with Gasteiger partial charge in [0, 0.05) is 17.8 Å². The van der Waals surface area contributed by atoms with Crippen molar-refractivity contribution in [2.24, 2.45) is 10.2 Å². The zero-order valence-electron chi connectivity index (χ0n) is 18.9. The van der Waals surface area contributed by atoms with Crippen LogP contribution in [0.15, 0.2) is 34.5 Å². The molecule has 0 saturated carbocycles. The Hall–Kier alpha value is -3.04. The second-order valence-corrected chi connectivity index (χ2v) is 7.26. The first-order chi connectivity index (χ1) is 15.8. The first-order valence-corrected chi connectivity index (χ1v) is 10.7. The lowest BCUT2D eigenvalue weighted by atomic mass is 10.2. The fourth-order valence-corrected chi connectivity index (χ4v) is 3.26. The molecule has 0 aromatic heterocycles. The number of amides is 1. The number of ketones is 1. The van der Waals surface area contributed by atoms with Crippen molar-refractivity contribution in [3.05, 3.63) is 34.3 Å². The number of methoxy groups -OCH3 is 2. The van der Waals surface area contributed by atoms with Crippen LogP contribution in [0.1, 0.15) is 20.8 Å². The fraction of sp³-hybridized carbons (Fsp3) is 0.364. The lowest BCUT2D eigenvalue weighted by molar-refractivity contribution is -0.126. The monoisotopic (exact) mass is 497 g/mol. The number of carbonyl (C=O) groups excluding carboxylic acids is 2. The van der Waals surface area contributed by atoms with Crippen molar-refractivity contribution in [2.75, 3.05) is 32.8 Å². The number of benzene rings is 2. The molecule has 0 aliphatic heterocycles. The minimum absolute atomic E-state index is 0.128. The highest BCUT2D eigenvalue weighted by Crippen LogP contribution is 2.41. The first-order valence-electron chi connectivity index (χ1n) is 9.99. The Morgan fingerprint density at radius 3 is 2.06 bits per heavy atom. The molecule has 0 aliphatic carbocycles. The van der Waals surface area contributed by atoms with Crippen LogP contribution in [-0.2, 0) is 9.59 Å². The summed E-state index contributed by atoms with van der Waals surface area (Å²) in [5, 5.41) is 10.9. The van der Waals surface area contributed by atoms with E-state index in [1.54, 1.807) is 19.9 Å². The summed E-state index contributed by atoms with van der Waals surface area (Å²) in [5.74, 6) is 0.108. The molecule has 11 heteroatoms. The number of carbonyl (C=O) groups is 2. The van der Waals surface area contributed by atoms with Crippen molar-refractivity contribution in [2.45, 2.75) is 26.8 Å². The Morgan fingerprint density at radius 1 is 0.970 bits per heavy atom. The van der Waals surface area contributed by atoms with E-state index in [-0.39, 0.29) is 21.5 Å².